The molecule has 3 aromatic rings. The van der Waals surface area contributed by atoms with E-state index in [0.717, 1.165) is 54.5 Å². The summed E-state index contributed by atoms with van der Waals surface area (Å²) in [6.45, 7) is 4.21. The summed E-state index contributed by atoms with van der Waals surface area (Å²) in [5, 5.41) is 13.3. The van der Waals surface area contributed by atoms with Crippen molar-refractivity contribution in [1.82, 2.24) is 9.88 Å². The average Bonchev–Trinajstić information content (AvgIpc) is 2.98. The van der Waals surface area contributed by atoms with Crippen LogP contribution < -0.4 is 5.73 Å². The van der Waals surface area contributed by atoms with E-state index in [1.54, 1.807) is 25.4 Å². The molecule has 0 aliphatic carbocycles. The number of likely N-dealkylation sites (tertiary alicyclic amines) is 1. The van der Waals surface area contributed by atoms with Crippen LogP contribution in [0.4, 0.5) is 0 Å². The first-order chi connectivity index (χ1) is 18.9. The molecule has 1 amide bonds. The maximum absolute atomic E-state index is 13.5. The quantitative estimate of drug-likeness (QED) is 0.287. The van der Waals surface area contributed by atoms with Gasteiger partial charge >= 0.3 is 0 Å². The van der Waals surface area contributed by atoms with Crippen LogP contribution in [0.3, 0.4) is 0 Å². The van der Waals surface area contributed by atoms with Crippen LogP contribution in [0.5, 0.6) is 0 Å². The summed E-state index contributed by atoms with van der Waals surface area (Å²) < 4.78 is 5.29. The summed E-state index contributed by atoms with van der Waals surface area (Å²) in [5.41, 5.74) is 9.70. The van der Waals surface area contributed by atoms with Gasteiger partial charge in [-0.1, -0.05) is 54.9 Å². The lowest BCUT2D eigenvalue weighted by molar-refractivity contribution is -0.0574. The van der Waals surface area contributed by atoms with Crippen LogP contribution in [-0.4, -0.2) is 47.7 Å². The monoisotopic (exact) mass is 549 g/mol. The second kappa shape index (κ2) is 13.5. The fraction of sp³-hybridized carbons (Fsp3) is 0.438. The third-order valence-corrected chi connectivity index (χ3v) is 8.24. The molecule has 1 fully saturated rings. The van der Waals surface area contributed by atoms with E-state index in [1.165, 1.54) is 5.56 Å². The molecular formula is C32H40ClN3O3. The third kappa shape index (κ3) is 6.69. The average molecular weight is 550 g/mol. The molecule has 1 aliphatic heterocycles. The van der Waals surface area contributed by atoms with Crippen LogP contribution >= 0.6 is 11.6 Å². The Morgan fingerprint density at radius 2 is 2.03 bits per heavy atom. The number of aryl methyl sites for hydroxylation is 1. The number of aromatic nitrogens is 1. The van der Waals surface area contributed by atoms with Gasteiger partial charge in [-0.2, -0.15) is 0 Å². The summed E-state index contributed by atoms with van der Waals surface area (Å²) in [6, 6.07) is 17.8. The van der Waals surface area contributed by atoms with Crippen molar-refractivity contribution in [3.8, 4) is 11.1 Å². The minimum atomic E-state index is -1.17. The maximum Gasteiger partial charge on any atom is 0.255 e. The number of ether oxygens (including phenoxy) is 1. The van der Waals surface area contributed by atoms with E-state index >= 15 is 0 Å². The topological polar surface area (TPSA) is 88.7 Å². The largest absolute Gasteiger partial charge is 0.385 e. The number of carbonyl (C=O) groups excluding carboxylic acids is 1. The Hall–Kier alpha value is -2.77. The summed E-state index contributed by atoms with van der Waals surface area (Å²) >= 11 is 6.86. The van der Waals surface area contributed by atoms with Crippen molar-refractivity contribution in [1.29, 1.82) is 0 Å². The number of piperidine rings is 1. The van der Waals surface area contributed by atoms with Crippen LogP contribution in [-0.2, 0) is 23.3 Å². The molecule has 1 aromatic heterocycles. The van der Waals surface area contributed by atoms with Gasteiger partial charge < -0.3 is 20.5 Å². The number of aliphatic hydroxyl groups is 1. The second-order valence-corrected chi connectivity index (χ2v) is 10.8. The summed E-state index contributed by atoms with van der Waals surface area (Å²) in [4.78, 5) is 19.6. The highest BCUT2D eigenvalue weighted by molar-refractivity contribution is 6.33. The van der Waals surface area contributed by atoms with Gasteiger partial charge in [0.25, 0.3) is 5.91 Å². The number of halogens is 1. The molecule has 6 nitrogen and oxygen atoms in total. The maximum atomic E-state index is 13.5. The Kier molecular flexibility index (Phi) is 10.1. The minimum Gasteiger partial charge on any atom is -0.385 e. The molecule has 3 N–H and O–H groups in total. The molecule has 0 unspecified atom stereocenters. The van der Waals surface area contributed by atoms with Gasteiger partial charge in [0.15, 0.2) is 0 Å². The van der Waals surface area contributed by atoms with E-state index < -0.39 is 5.60 Å². The van der Waals surface area contributed by atoms with Crippen molar-refractivity contribution >= 4 is 17.5 Å². The lowest BCUT2D eigenvalue weighted by atomic mass is 9.72. The summed E-state index contributed by atoms with van der Waals surface area (Å²) in [6.07, 6.45) is 6.32. The second-order valence-electron chi connectivity index (χ2n) is 10.4. The predicted molar refractivity (Wildman–Crippen MR) is 157 cm³/mol. The van der Waals surface area contributed by atoms with Crippen LogP contribution in [0, 0.1) is 5.92 Å². The predicted octanol–water partition coefficient (Wildman–Crippen LogP) is 5.98. The molecule has 2 heterocycles. The number of nitrogens with two attached hydrogens (primary N) is 1. The van der Waals surface area contributed by atoms with Crippen LogP contribution in [0.15, 0.2) is 60.8 Å². The van der Waals surface area contributed by atoms with Crippen LogP contribution in [0.25, 0.3) is 11.1 Å². The summed E-state index contributed by atoms with van der Waals surface area (Å²) in [5.74, 6) is -0.222. The molecule has 7 heteroatoms. The van der Waals surface area contributed by atoms with Crippen LogP contribution in [0.2, 0.25) is 5.02 Å². The van der Waals surface area contributed by atoms with E-state index in [9.17, 15) is 9.90 Å². The van der Waals surface area contributed by atoms with Gasteiger partial charge in [-0.3, -0.25) is 9.78 Å². The zero-order valence-electron chi connectivity index (χ0n) is 23.0. The summed E-state index contributed by atoms with van der Waals surface area (Å²) in [7, 11) is 1.70. The molecule has 39 heavy (non-hydrogen) atoms. The highest BCUT2D eigenvalue weighted by atomic mass is 35.5. The molecule has 1 aliphatic rings. The molecule has 208 valence electrons. The van der Waals surface area contributed by atoms with Gasteiger partial charge in [0.05, 0.1) is 16.9 Å². The first-order valence-corrected chi connectivity index (χ1v) is 14.3. The third-order valence-electron chi connectivity index (χ3n) is 7.93. The lowest BCUT2D eigenvalue weighted by Crippen LogP contribution is -2.48. The smallest absolute Gasteiger partial charge is 0.255 e. The molecule has 2 aromatic carbocycles. The number of carbonyl (C=O) groups is 1. The normalized spacial score (nSPS) is 17.2. The Bertz CT molecular complexity index is 1250. The lowest BCUT2D eigenvalue weighted by Gasteiger charge is -2.44. The Morgan fingerprint density at radius 1 is 1.21 bits per heavy atom. The SMILES string of the molecule is CCc1cccc(-c2c(Cl)cccc2[C@](O)(CCCCOC)[C@@H]2CCCN(C(=O)c3ccc(CN)nc3)C2)c1. The van der Waals surface area contributed by atoms with E-state index in [2.05, 4.69) is 30.1 Å². The van der Waals surface area contributed by atoms with Gasteiger partial charge in [0.1, 0.15) is 0 Å². The highest BCUT2D eigenvalue weighted by Gasteiger charge is 2.43. The highest BCUT2D eigenvalue weighted by Crippen LogP contribution is 2.46. The zero-order valence-corrected chi connectivity index (χ0v) is 23.8. The number of pyridine rings is 1. The molecule has 0 bridgehead atoms. The molecule has 2 atom stereocenters. The number of rotatable bonds is 11. The van der Waals surface area contributed by atoms with E-state index in [4.69, 9.17) is 22.1 Å². The van der Waals surface area contributed by atoms with Crippen molar-refractivity contribution in [2.24, 2.45) is 11.7 Å². The number of amides is 1. The van der Waals surface area contributed by atoms with Crippen molar-refractivity contribution in [2.45, 2.75) is 57.6 Å². The van der Waals surface area contributed by atoms with Gasteiger partial charge in [0.2, 0.25) is 0 Å². The van der Waals surface area contributed by atoms with Crippen molar-refractivity contribution in [2.75, 3.05) is 26.8 Å². The standard InChI is InChI=1S/C32H40ClN3O3/c1-3-23-9-6-10-24(19-23)30-28(12-7-13-29(30)33)32(38,16-4-5-18-39-2)26-11-8-17-36(22-26)31(37)25-14-15-27(20-34)35-21-25/h6-7,9-10,12-15,19,21,26,38H,3-5,8,11,16-18,20,22,34H2,1-2H3/t26-,32+/m1/s1. The van der Waals surface area contributed by atoms with Crippen molar-refractivity contribution in [3.63, 3.8) is 0 Å². The molecule has 4 rings (SSSR count). The van der Waals surface area contributed by atoms with E-state index in [-0.39, 0.29) is 11.8 Å². The van der Waals surface area contributed by atoms with Gasteiger partial charge in [-0.25, -0.2) is 0 Å². The first-order valence-electron chi connectivity index (χ1n) is 13.9. The number of methoxy groups -OCH3 is 1. The van der Waals surface area contributed by atoms with Crippen LogP contribution in [0.1, 0.15) is 66.2 Å². The number of nitrogens with zero attached hydrogens (tertiary/aromatic N) is 2. The molecule has 1 saturated heterocycles. The fourth-order valence-corrected chi connectivity index (χ4v) is 6.01. The molecule has 0 saturated carbocycles. The number of hydrogen-bond acceptors (Lipinski definition) is 5. The van der Waals surface area contributed by atoms with Gasteiger partial charge in [0, 0.05) is 56.1 Å². The molecule has 0 radical (unpaired) electrons. The molecule has 0 spiro atoms. The Morgan fingerprint density at radius 3 is 2.74 bits per heavy atom. The van der Waals surface area contributed by atoms with E-state index in [1.807, 2.05) is 29.2 Å². The van der Waals surface area contributed by atoms with E-state index in [0.29, 0.717) is 43.2 Å². The molecular weight excluding hydrogens is 510 g/mol. The fourth-order valence-electron chi connectivity index (χ4n) is 5.73. The van der Waals surface area contributed by atoms with Crippen molar-refractivity contribution < 1.29 is 14.6 Å². The number of unbranched alkanes of at least 4 members (excludes halogenated alkanes) is 1. The zero-order chi connectivity index (χ0) is 27.8. The Labute approximate surface area is 237 Å². The van der Waals surface area contributed by atoms with Gasteiger partial charge in [-0.15, -0.1) is 0 Å². The minimum absolute atomic E-state index is 0.0699. The first kappa shape index (κ1) is 29.2. The Balaban J connectivity index is 1.71. The van der Waals surface area contributed by atoms with Gasteiger partial charge in [-0.05, 0) is 73.4 Å². The number of benzene rings is 2. The van der Waals surface area contributed by atoms with Crippen molar-refractivity contribution in [3.05, 3.63) is 88.2 Å². The number of hydrogen-bond donors (Lipinski definition) is 2.